The maximum Gasteiger partial charge on any atom is 0.216 e. The fourth-order valence-electron chi connectivity index (χ4n) is 3.07. The van der Waals surface area contributed by atoms with Gasteiger partial charge in [0, 0.05) is 17.4 Å². The van der Waals surface area contributed by atoms with Gasteiger partial charge in [0.2, 0.25) is 5.90 Å². The van der Waals surface area contributed by atoms with Crippen molar-refractivity contribution in [3.05, 3.63) is 29.8 Å². The van der Waals surface area contributed by atoms with E-state index >= 15 is 0 Å². The van der Waals surface area contributed by atoms with Crippen LogP contribution in [0.4, 0.5) is 0 Å². The van der Waals surface area contributed by atoms with Crippen LogP contribution in [0.15, 0.2) is 29.3 Å². The molecule has 0 bridgehead atoms. The van der Waals surface area contributed by atoms with Gasteiger partial charge < -0.3 is 9.47 Å². The average Bonchev–Trinajstić information content (AvgIpc) is 2.97. The standard InChI is InChI=1S/C18H24ClNO2/c1-14(11-19)12-21-16-7-5-15(6-8-16)17-20-18(13-22-17)9-3-2-4-10-18/h5-8,14H,2-4,9-13H2,1H3. The summed E-state index contributed by atoms with van der Waals surface area (Å²) in [5, 5.41) is 0. The lowest BCUT2D eigenvalue weighted by atomic mass is 9.83. The Balaban J connectivity index is 1.64. The summed E-state index contributed by atoms with van der Waals surface area (Å²) in [6.07, 6.45) is 6.19. The zero-order chi connectivity index (χ0) is 15.4. The Morgan fingerprint density at radius 3 is 2.64 bits per heavy atom. The summed E-state index contributed by atoms with van der Waals surface area (Å²) >= 11 is 5.79. The van der Waals surface area contributed by atoms with Gasteiger partial charge in [-0.1, -0.05) is 26.2 Å². The summed E-state index contributed by atoms with van der Waals surface area (Å²) in [4.78, 5) is 4.90. The number of nitrogens with zero attached hydrogens (tertiary/aromatic N) is 1. The van der Waals surface area contributed by atoms with E-state index in [2.05, 4.69) is 6.92 Å². The van der Waals surface area contributed by atoms with Gasteiger partial charge in [-0.15, -0.1) is 11.6 Å². The molecule has 3 nitrogen and oxygen atoms in total. The Hall–Kier alpha value is -1.22. The van der Waals surface area contributed by atoms with Gasteiger partial charge in [-0.05, 0) is 37.1 Å². The van der Waals surface area contributed by atoms with Gasteiger partial charge in [-0.2, -0.15) is 0 Å². The number of benzene rings is 1. The van der Waals surface area contributed by atoms with Gasteiger partial charge in [0.15, 0.2) is 0 Å². The number of hydrogen-bond donors (Lipinski definition) is 0. The third-order valence-corrected chi connectivity index (χ3v) is 5.03. The van der Waals surface area contributed by atoms with Crippen LogP contribution in [0.2, 0.25) is 0 Å². The lowest BCUT2D eigenvalue weighted by Gasteiger charge is -2.27. The van der Waals surface area contributed by atoms with E-state index in [4.69, 9.17) is 26.1 Å². The molecule has 1 heterocycles. The summed E-state index contributed by atoms with van der Waals surface area (Å²) in [7, 11) is 0. The lowest BCUT2D eigenvalue weighted by Crippen LogP contribution is -2.30. The Kier molecular flexibility index (Phi) is 4.92. The molecule has 1 aliphatic heterocycles. The Morgan fingerprint density at radius 1 is 1.23 bits per heavy atom. The molecule has 1 aromatic rings. The molecular weight excluding hydrogens is 298 g/mol. The van der Waals surface area contributed by atoms with Crippen LogP contribution in [0, 0.1) is 5.92 Å². The predicted molar refractivity (Wildman–Crippen MR) is 90.1 cm³/mol. The normalized spacial score (nSPS) is 21.3. The van der Waals surface area contributed by atoms with Crippen molar-refractivity contribution < 1.29 is 9.47 Å². The van der Waals surface area contributed by atoms with Gasteiger partial charge in [-0.25, -0.2) is 4.99 Å². The fraction of sp³-hybridized carbons (Fsp3) is 0.611. The SMILES string of the molecule is CC(CCl)COc1ccc(C2=NC3(CCCCC3)CO2)cc1. The zero-order valence-electron chi connectivity index (χ0n) is 13.2. The van der Waals surface area contributed by atoms with Crippen LogP contribution in [-0.4, -0.2) is 30.5 Å². The maximum absolute atomic E-state index is 5.88. The molecule has 1 spiro atoms. The van der Waals surface area contributed by atoms with E-state index in [1.165, 1.54) is 19.3 Å². The first-order chi connectivity index (χ1) is 10.7. The lowest BCUT2D eigenvalue weighted by molar-refractivity contribution is 0.207. The molecule has 3 rings (SSSR count). The number of ether oxygens (including phenoxy) is 2. The summed E-state index contributed by atoms with van der Waals surface area (Å²) in [5.74, 6) is 2.63. The van der Waals surface area contributed by atoms with Gasteiger partial charge in [0.1, 0.15) is 12.4 Å². The Bertz CT molecular complexity index is 520. The van der Waals surface area contributed by atoms with Crippen molar-refractivity contribution in [3.63, 3.8) is 0 Å². The molecule has 0 aromatic heterocycles. The maximum atomic E-state index is 5.88. The first-order valence-electron chi connectivity index (χ1n) is 8.23. The van der Waals surface area contributed by atoms with Crippen LogP contribution in [0.3, 0.4) is 0 Å². The number of halogens is 1. The average molecular weight is 322 g/mol. The molecule has 1 saturated carbocycles. The van der Waals surface area contributed by atoms with Crippen molar-refractivity contribution in [1.29, 1.82) is 0 Å². The van der Waals surface area contributed by atoms with Crippen LogP contribution >= 0.6 is 11.6 Å². The van der Waals surface area contributed by atoms with Crippen molar-refractivity contribution in [1.82, 2.24) is 0 Å². The van der Waals surface area contributed by atoms with E-state index in [1.54, 1.807) is 0 Å². The van der Waals surface area contributed by atoms with Crippen LogP contribution < -0.4 is 4.74 Å². The van der Waals surface area contributed by atoms with Gasteiger partial charge in [-0.3, -0.25) is 0 Å². The van der Waals surface area contributed by atoms with Crippen LogP contribution in [0.25, 0.3) is 0 Å². The zero-order valence-corrected chi connectivity index (χ0v) is 13.9. The smallest absolute Gasteiger partial charge is 0.216 e. The summed E-state index contributed by atoms with van der Waals surface area (Å²) < 4.78 is 11.6. The minimum atomic E-state index is 0.0541. The highest BCUT2D eigenvalue weighted by Crippen LogP contribution is 2.36. The summed E-state index contributed by atoms with van der Waals surface area (Å²) in [6.45, 7) is 3.46. The van der Waals surface area contributed by atoms with Crippen LogP contribution in [0.1, 0.15) is 44.6 Å². The molecule has 0 radical (unpaired) electrons. The van der Waals surface area contributed by atoms with E-state index in [0.717, 1.165) is 36.7 Å². The fourth-order valence-corrected chi connectivity index (χ4v) is 3.16. The molecule has 0 N–H and O–H groups in total. The number of hydrogen-bond acceptors (Lipinski definition) is 3. The second-order valence-corrected chi connectivity index (χ2v) is 6.89. The van der Waals surface area contributed by atoms with E-state index in [-0.39, 0.29) is 5.54 Å². The topological polar surface area (TPSA) is 30.8 Å². The number of alkyl halides is 1. The van der Waals surface area contributed by atoms with Crippen molar-refractivity contribution in [2.75, 3.05) is 19.1 Å². The highest BCUT2D eigenvalue weighted by molar-refractivity contribution is 6.18. The first-order valence-corrected chi connectivity index (χ1v) is 8.76. The second-order valence-electron chi connectivity index (χ2n) is 6.59. The molecule has 2 aliphatic rings. The molecule has 0 saturated heterocycles. The Morgan fingerprint density at radius 2 is 1.95 bits per heavy atom. The van der Waals surface area contributed by atoms with E-state index in [1.807, 2.05) is 24.3 Å². The molecule has 0 amide bonds. The number of aliphatic imine (C=N–C) groups is 1. The van der Waals surface area contributed by atoms with Crippen molar-refractivity contribution >= 4 is 17.5 Å². The van der Waals surface area contributed by atoms with E-state index < -0.39 is 0 Å². The van der Waals surface area contributed by atoms with Crippen molar-refractivity contribution in [2.24, 2.45) is 10.9 Å². The second kappa shape index (κ2) is 6.91. The highest BCUT2D eigenvalue weighted by atomic mass is 35.5. The molecule has 1 aromatic carbocycles. The van der Waals surface area contributed by atoms with Crippen molar-refractivity contribution in [3.8, 4) is 5.75 Å². The minimum absolute atomic E-state index is 0.0541. The molecule has 4 heteroatoms. The Labute approximate surface area is 137 Å². The van der Waals surface area contributed by atoms with Gasteiger partial charge in [0.25, 0.3) is 0 Å². The van der Waals surface area contributed by atoms with E-state index in [9.17, 15) is 0 Å². The summed E-state index contributed by atoms with van der Waals surface area (Å²) in [5.41, 5.74) is 1.10. The van der Waals surface area contributed by atoms with Gasteiger partial charge >= 0.3 is 0 Å². The molecule has 120 valence electrons. The largest absolute Gasteiger partial charge is 0.493 e. The monoisotopic (exact) mass is 321 g/mol. The van der Waals surface area contributed by atoms with Crippen LogP contribution in [0.5, 0.6) is 5.75 Å². The predicted octanol–water partition coefficient (Wildman–Crippen LogP) is 4.42. The number of rotatable bonds is 5. The van der Waals surface area contributed by atoms with Crippen molar-refractivity contribution in [2.45, 2.75) is 44.6 Å². The molecular formula is C18H24ClNO2. The molecule has 1 atom stereocenters. The third-order valence-electron chi connectivity index (χ3n) is 4.50. The summed E-state index contributed by atoms with van der Waals surface area (Å²) in [6, 6.07) is 8.02. The van der Waals surface area contributed by atoms with Gasteiger partial charge in [0.05, 0.1) is 12.1 Å². The molecule has 1 fully saturated rings. The molecule has 22 heavy (non-hydrogen) atoms. The van der Waals surface area contributed by atoms with E-state index in [0.29, 0.717) is 18.4 Å². The highest BCUT2D eigenvalue weighted by Gasteiger charge is 2.37. The minimum Gasteiger partial charge on any atom is -0.493 e. The third kappa shape index (κ3) is 3.57. The quantitative estimate of drug-likeness (QED) is 0.752. The molecule has 1 unspecified atom stereocenters. The first kappa shape index (κ1) is 15.7. The van der Waals surface area contributed by atoms with Crippen LogP contribution in [-0.2, 0) is 4.74 Å². The molecule has 1 aliphatic carbocycles.